The molecule has 3 aromatic rings. The van der Waals surface area contributed by atoms with Crippen molar-refractivity contribution in [2.24, 2.45) is 0 Å². The fourth-order valence-corrected chi connectivity index (χ4v) is 2.33. The van der Waals surface area contributed by atoms with Crippen molar-refractivity contribution in [1.29, 1.82) is 0 Å². The molecule has 0 atom stereocenters. The van der Waals surface area contributed by atoms with Crippen molar-refractivity contribution < 1.29 is 14.3 Å². The average molecular weight is 320 g/mol. The molecule has 0 saturated heterocycles. The number of para-hydroxylation sites is 1. The number of phenols is 1. The molecule has 2 aromatic heterocycles. The van der Waals surface area contributed by atoms with Crippen LogP contribution in [0.2, 0.25) is 0 Å². The topological polar surface area (TPSA) is 55.5 Å². The number of ether oxygens (including phenoxy) is 1. The van der Waals surface area contributed by atoms with E-state index in [1.807, 2.05) is 12.1 Å². The van der Waals surface area contributed by atoms with Gasteiger partial charge in [-0.1, -0.05) is 12.1 Å². The first-order chi connectivity index (χ1) is 9.20. The van der Waals surface area contributed by atoms with E-state index in [4.69, 9.17) is 9.15 Å². The van der Waals surface area contributed by atoms with Crippen molar-refractivity contribution >= 4 is 26.9 Å². The monoisotopic (exact) mass is 319 g/mol. The van der Waals surface area contributed by atoms with Gasteiger partial charge in [0.1, 0.15) is 11.5 Å². The van der Waals surface area contributed by atoms with E-state index in [-0.39, 0.29) is 5.75 Å². The molecule has 0 saturated carbocycles. The Kier molecular flexibility index (Phi) is 2.91. The zero-order chi connectivity index (χ0) is 13.4. The Morgan fingerprint density at radius 2 is 2.11 bits per heavy atom. The standard InChI is InChI=1S/C14H10BrNO3/c1-18-14-13-9(10(15)7-16-14)6-12(19-13)8-4-2-3-5-11(8)17/h2-7,17H,1H3. The Bertz CT molecular complexity index is 752. The number of fused-ring (bicyclic) bond motifs is 1. The summed E-state index contributed by atoms with van der Waals surface area (Å²) >= 11 is 3.42. The molecule has 0 aliphatic heterocycles. The van der Waals surface area contributed by atoms with Gasteiger partial charge in [0.25, 0.3) is 5.88 Å². The summed E-state index contributed by atoms with van der Waals surface area (Å²) in [5.74, 6) is 1.16. The number of benzene rings is 1. The van der Waals surface area contributed by atoms with Crippen molar-refractivity contribution in [3.05, 3.63) is 41.0 Å². The first kappa shape index (κ1) is 12.0. The number of rotatable bonds is 2. The number of phenolic OH excluding ortho intramolecular Hbond substituents is 1. The lowest BCUT2D eigenvalue weighted by atomic mass is 10.1. The molecule has 1 N–H and O–H groups in total. The van der Waals surface area contributed by atoms with Gasteiger partial charge in [-0.25, -0.2) is 4.98 Å². The summed E-state index contributed by atoms with van der Waals surface area (Å²) in [6, 6.07) is 8.86. The smallest absolute Gasteiger partial charge is 0.258 e. The highest BCUT2D eigenvalue weighted by Gasteiger charge is 2.15. The van der Waals surface area contributed by atoms with Gasteiger partial charge in [-0.2, -0.15) is 0 Å². The van der Waals surface area contributed by atoms with E-state index in [9.17, 15) is 5.11 Å². The largest absolute Gasteiger partial charge is 0.507 e. The number of hydrogen-bond donors (Lipinski definition) is 1. The average Bonchev–Trinajstić information content (AvgIpc) is 2.85. The molecule has 0 unspecified atom stereocenters. The minimum atomic E-state index is 0.171. The second-order valence-electron chi connectivity index (χ2n) is 3.99. The van der Waals surface area contributed by atoms with Crippen LogP contribution in [0.4, 0.5) is 0 Å². The molecule has 0 aliphatic rings. The van der Waals surface area contributed by atoms with E-state index in [1.54, 1.807) is 24.4 Å². The Labute approximate surface area is 117 Å². The Morgan fingerprint density at radius 1 is 1.32 bits per heavy atom. The quantitative estimate of drug-likeness (QED) is 0.776. The van der Waals surface area contributed by atoms with Crippen LogP contribution in [-0.2, 0) is 0 Å². The van der Waals surface area contributed by atoms with Crippen LogP contribution in [0.25, 0.3) is 22.3 Å². The third-order valence-electron chi connectivity index (χ3n) is 2.84. The number of aromatic nitrogens is 1. The van der Waals surface area contributed by atoms with Crippen LogP contribution in [0.15, 0.2) is 45.4 Å². The van der Waals surface area contributed by atoms with Gasteiger partial charge in [0.05, 0.1) is 12.7 Å². The highest BCUT2D eigenvalue weighted by atomic mass is 79.9. The Hall–Kier alpha value is -2.01. The van der Waals surface area contributed by atoms with Crippen molar-refractivity contribution in [2.45, 2.75) is 0 Å². The van der Waals surface area contributed by atoms with Crippen molar-refractivity contribution in [3.63, 3.8) is 0 Å². The fraction of sp³-hybridized carbons (Fsp3) is 0.0714. The molecule has 96 valence electrons. The maximum atomic E-state index is 9.87. The molecule has 0 radical (unpaired) electrons. The summed E-state index contributed by atoms with van der Waals surface area (Å²) in [4.78, 5) is 4.13. The number of halogens is 1. The molecular formula is C14H10BrNO3. The first-order valence-electron chi connectivity index (χ1n) is 5.61. The fourth-order valence-electron chi connectivity index (χ4n) is 1.93. The molecule has 0 spiro atoms. The van der Waals surface area contributed by atoms with Crippen molar-refractivity contribution in [1.82, 2.24) is 4.98 Å². The summed E-state index contributed by atoms with van der Waals surface area (Å²) in [7, 11) is 1.54. The van der Waals surface area contributed by atoms with Gasteiger partial charge in [0, 0.05) is 16.1 Å². The van der Waals surface area contributed by atoms with E-state index < -0.39 is 0 Å². The highest BCUT2D eigenvalue weighted by molar-refractivity contribution is 9.10. The molecule has 0 aliphatic carbocycles. The summed E-state index contributed by atoms with van der Waals surface area (Å²) in [5.41, 5.74) is 1.18. The lowest BCUT2D eigenvalue weighted by molar-refractivity contribution is 0.394. The van der Waals surface area contributed by atoms with Crippen LogP contribution in [0, 0.1) is 0 Å². The SMILES string of the molecule is COc1ncc(Br)c2cc(-c3ccccc3O)oc12. The summed E-state index contributed by atoms with van der Waals surface area (Å²) in [6.07, 6.45) is 1.66. The molecule has 0 bridgehead atoms. The number of hydrogen-bond acceptors (Lipinski definition) is 4. The molecule has 0 amide bonds. The lowest BCUT2D eigenvalue weighted by Crippen LogP contribution is -1.87. The van der Waals surface area contributed by atoms with Crippen molar-refractivity contribution in [2.75, 3.05) is 7.11 Å². The Balaban J connectivity index is 2.28. The third kappa shape index (κ3) is 1.96. The van der Waals surface area contributed by atoms with Gasteiger partial charge in [0.2, 0.25) is 0 Å². The van der Waals surface area contributed by atoms with Crippen LogP contribution in [-0.4, -0.2) is 17.2 Å². The van der Waals surface area contributed by atoms with E-state index in [2.05, 4.69) is 20.9 Å². The molecular weight excluding hydrogens is 310 g/mol. The minimum absolute atomic E-state index is 0.171. The van der Waals surface area contributed by atoms with Gasteiger partial charge in [0.15, 0.2) is 5.58 Å². The van der Waals surface area contributed by atoms with Crippen LogP contribution >= 0.6 is 15.9 Å². The van der Waals surface area contributed by atoms with Crippen molar-refractivity contribution in [3.8, 4) is 23.0 Å². The summed E-state index contributed by atoms with van der Waals surface area (Å²) < 4.78 is 11.7. The van der Waals surface area contributed by atoms with Gasteiger partial charge < -0.3 is 14.3 Å². The molecule has 0 fully saturated rings. The molecule has 4 nitrogen and oxygen atoms in total. The van der Waals surface area contributed by atoms with Crippen LogP contribution in [0.5, 0.6) is 11.6 Å². The van der Waals surface area contributed by atoms with E-state index in [0.29, 0.717) is 22.8 Å². The van der Waals surface area contributed by atoms with Crippen LogP contribution in [0.3, 0.4) is 0 Å². The molecule has 5 heteroatoms. The summed E-state index contributed by atoms with van der Waals surface area (Å²) in [5, 5.41) is 10.7. The predicted octanol–water partition coefficient (Wildman–Crippen LogP) is 3.97. The number of nitrogens with zero attached hydrogens (tertiary/aromatic N) is 1. The van der Waals surface area contributed by atoms with Gasteiger partial charge in [-0.05, 0) is 34.1 Å². The zero-order valence-electron chi connectivity index (χ0n) is 10.1. The normalized spacial score (nSPS) is 10.8. The second kappa shape index (κ2) is 4.59. The van der Waals surface area contributed by atoms with Crippen LogP contribution in [0.1, 0.15) is 0 Å². The Morgan fingerprint density at radius 3 is 2.84 bits per heavy atom. The lowest BCUT2D eigenvalue weighted by Gasteiger charge is -2.00. The molecule has 2 heterocycles. The molecule has 1 aromatic carbocycles. The number of methoxy groups -OCH3 is 1. The van der Waals surface area contributed by atoms with Gasteiger partial charge in [-0.15, -0.1) is 0 Å². The maximum absolute atomic E-state index is 9.87. The zero-order valence-corrected chi connectivity index (χ0v) is 11.6. The summed E-state index contributed by atoms with van der Waals surface area (Å²) in [6.45, 7) is 0. The van der Waals surface area contributed by atoms with E-state index >= 15 is 0 Å². The minimum Gasteiger partial charge on any atom is -0.507 e. The van der Waals surface area contributed by atoms with Gasteiger partial charge in [-0.3, -0.25) is 0 Å². The van der Waals surface area contributed by atoms with Gasteiger partial charge >= 0.3 is 0 Å². The highest BCUT2D eigenvalue weighted by Crippen LogP contribution is 2.38. The third-order valence-corrected chi connectivity index (χ3v) is 3.47. The predicted molar refractivity (Wildman–Crippen MR) is 75.4 cm³/mol. The molecule has 3 rings (SSSR count). The van der Waals surface area contributed by atoms with Crippen LogP contribution < -0.4 is 4.74 Å². The number of pyridine rings is 1. The number of furan rings is 1. The first-order valence-corrected chi connectivity index (χ1v) is 6.40. The number of aromatic hydroxyl groups is 1. The molecule has 19 heavy (non-hydrogen) atoms. The maximum Gasteiger partial charge on any atom is 0.258 e. The van der Waals surface area contributed by atoms with E-state index in [1.165, 1.54) is 7.11 Å². The second-order valence-corrected chi connectivity index (χ2v) is 4.84. The van der Waals surface area contributed by atoms with E-state index in [0.717, 1.165) is 9.86 Å².